The number of nitrogens with one attached hydrogen (secondary N) is 1. The molecule has 1 aliphatic rings. The van der Waals surface area contributed by atoms with Gasteiger partial charge in [-0.05, 0) is 72.5 Å². The van der Waals surface area contributed by atoms with E-state index in [4.69, 9.17) is 16.3 Å². The lowest BCUT2D eigenvalue weighted by Gasteiger charge is -2.32. The summed E-state index contributed by atoms with van der Waals surface area (Å²) in [6.45, 7) is 5.67. The van der Waals surface area contributed by atoms with Crippen LogP contribution in [-0.4, -0.2) is 36.7 Å². The molecule has 2 aromatic carbocycles. The topological polar surface area (TPSA) is 88.9 Å². The summed E-state index contributed by atoms with van der Waals surface area (Å²) < 4.78 is 7.72. The van der Waals surface area contributed by atoms with Crippen LogP contribution in [0.3, 0.4) is 0 Å². The molecule has 1 N–H and O–H groups in total. The Morgan fingerprint density at radius 2 is 1.87 bits per heavy atom. The summed E-state index contributed by atoms with van der Waals surface area (Å²) in [6, 6.07) is 15.8. The Balaban J connectivity index is 1.53. The molecular formula is C29H35ClN6O2. The maximum absolute atomic E-state index is 13.2. The number of hydrogen-bond acceptors (Lipinski definition) is 6. The third-order valence-electron chi connectivity index (χ3n) is 7.47. The van der Waals surface area contributed by atoms with Gasteiger partial charge in [-0.3, -0.25) is 9.69 Å². The van der Waals surface area contributed by atoms with Gasteiger partial charge in [0.1, 0.15) is 5.75 Å². The van der Waals surface area contributed by atoms with Crippen molar-refractivity contribution in [1.29, 1.82) is 0 Å². The van der Waals surface area contributed by atoms with Crippen LogP contribution in [0.25, 0.3) is 10.9 Å². The molecule has 0 unspecified atom stereocenters. The van der Waals surface area contributed by atoms with Crippen LogP contribution in [0, 0.1) is 0 Å². The predicted octanol–water partition coefficient (Wildman–Crippen LogP) is 6.23. The minimum Gasteiger partial charge on any atom is -0.494 e. The predicted molar refractivity (Wildman–Crippen MR) is 149 cm³/mol. The lowest BCUT2D eigenvalue weighted by Crippen LogP contribution is -2.33. The van der Waals surface area contributed by atoms with Crippen LogP contribution in [-0.2, 0) is 13.1 Å². The SMILES string of the molecule is CCOc1ccc2[nH]c(=O)c(CN(Cc3ccccc3Cl)[C@H](CC)c3nnnn3C3CCCCC3)cc2c1. The van der Waals surface area contributed by atoms with Crippen LogP contribution in [0.1, 0.15) is 81.4 Å². The molecule has 1 aliphatic carbocycles. The zero-order valence-corrected chi connectivity index (χ0v) is 22.8. The number of halogens is 1. The largest absolute Gasteiger partial charge is 0.494 e. The quantitative estimate of drug-likeness (QED) is 0.259. The third-order valence-corrected chi connectivity index (χ3v) is 7.84. The average Bonchev–Trinajstić information content (AvgIpc) is 3.41. The van der Waals surface area contributed by atoms with Gasteiger partial charge in [-0.25, -0.2) is 4.68 Å². The van der Waals surface area contributed by atoms with E-state index in [1.165, 1.54) is 19.3 Å². The summed E-state index contributed by atoms with van der Waals surface area (Å²) in [5.41, 5.74) is 2.36. The molecule has 2 aromatic heterocycles. The second-order valence-corrected chi connectivity index (χ2v) is 10.4. The molecule has 5 rings (SSSR count). The van der Waals surface area contributed by atoms with Gasteiger partial charge in [-0.2, -0.15) is 0 Å². The number of pyridine rings is 1. The number of aromatic amines is 1. The Hall–Kier alpha value is -3.23. The van der Waals surface area contributed by atoms with Gasteiger partial charge in [0.15, 0.2) is 5.82 Å². The van der Waals surface area contributed by atoms with Gasteiger partial charge < -0.3 is 9.72 Å². The molecule has 4 aromatic rings. The summed E-state index contributed by atoms with van der Waals surface area (Å²) >= 11 is 6.60. The van der Waals surface area contributed by atoms with E-state index in [0.29, 0.717) is 36.3 Å². The van der Waals surface area contributed by atoms with Gasteiger partial charge in [0.05, 0.1) is 18.7 Å². The standard InChI is InChI=1S/C29H35ClN6O2/c1-3-27(28-32-33-34-36(28)23-11-6-5-7-12-23)35(18-20-10-8-9-13-25(20)30)19-22-16-21-17-24(38-4-2)14-15-26(21)31-29(22)37/h8-10,13-17,23,27H,3-7,11-12,18-19H2,1-2H3,(H,31,37)/t27-/m1/s1. The fourth-order valence-corrected chi connectivity index (χ4v) is 5.75. The zero-order valence-electron chi connectivity index (χ0n) is 22.1. The number of rotatable bonds is 10. The third kappa shape index (κ3) is 5.76. The van der Waals surface area contributed by atoms with Crippen molar-refractivity contribution in [2.75, 3.05) is 6.61 Å². The number of ether oxygens (including phenoxy) is 1. The Bertz CT molecular complexity index is 1430. The van der Waals surface area contributed by atoms with Crippen molar-refractivity contribution in [3.8, 4) is 5.75 Å². The zero-order chi connectivity index (χ0) is 26.5. The maximum atomic E-state index is 13.2. The number of benzene rings is 2. The molecule has 200 valence electrons. The lowest BCUT2D eigenvalue weighted by molar-refractivity contribution is 0.155. The van der Waals surface area contributed by atoms with Crippen LogP contribution >= 0.6 is 11.6 Å². The molecule has 8 nitrogen and oxygen atoms in total. The van der Waals surface area contributed by atoms with Crippen LogP contribution < -0.4 is 10.3 Å². The van der Waals surface area contributed by atoms with Crippen molar-refractivity contribution in [3.05, 3.63) is 80.9 Å². The molecule has 1 atom stereocenters. The Kier molecular flexibility index (Phi) is 8.39. The monoisotopic (exact) mass is 534 g/mol. The van der Waals surface area contributed by atoms with Gasteiger partial charge in [0.2, 0.25) is 0 Å². The van der Waals surface area contributed by atoms with Crippen LogP contribution in [0.4, 0.5) is 0 Å². The van der Waals surface area contributed by atoms with Crippen molar-refractivity contribution in [1.82, 2.24) is 30.1 Å². The Labute approximate surface area is 228 Å². The first kappa shape index (κ1) is 26.4. The summed E-state index contributed by atoms with van der Waals surface area (Å²) in [6.07, 6.45) is 6.62. The molecule has 0 aliphatic heterocycles. The molecular weight excluding hydrogens is 500 g/mol. The molecule has 2 heterocycles. The molecule has 1 fully saturated rings. The second-order valence-electron chi connectivity index (χ2n) is 10.00. The number of tetrazole rings is 1. The minimum absolute atomic E-state index is 0.0898. The molecule has 0 radical (unpaired) electrons. The van der Waals surface area contributed by atoms with E-state index in [-0.39, 0.29) is 11.6 Å². The van der Waals surface area contributed by atoms with Crippen molar-refractivity contribution in [3.63, 3.8) is 0 Å². The fourth-order valence-electron chi connectivity index (χ4n) is 5.55. The summed E-state index contributed by atoms with van der Waals surface area (Å²) in [5, 5.41) is 14.7. The van der Waals surface area contributed by atoms with Crippen LogP contribution in [0.2, 0.25) is 5.02 Å². The molecule has 0 bridgehead atoms. The first-order valence-electron chi connectivity index (χ1n) is 13.6. The number of hydrogen-bond donors (Lipinski definition) is 1. The van der Waals surface area contributed by atoms with E-state index in [9.17, 15) is 4.79 Å². The molecule has 38 heavy (non-hydrogen) atoms. The van der Waals surface area contributed by atoms with Gasteiger partial charge in [-0.15, -0.1) is 5.10 Å². The highest BCUT2D eigenvalue weighted by Crippen LogP contribution is 2.33. The molecule has 0 saturated heterocycles. The van der Waals surface area contributed by atoms with E-state index >= 15 is 0 Å². The molecule has 0 spiro atoms. The number of H-pyrrole nitrogens is 1. The molecule has 1 saturated carbocycles. The molecule has 9 heteroatoms. The van der Waals surface area contributed by atoms with E-state index in [2.05, 4.69) is 32.3 Å². The van der Waals surface area contributed by atoms with Gasteiger partial charge in [-0.1, -0.05) is 56.0 Å². The van der Waals surface area contributed by atoms with E-state index in [1.807, 2.05) is 60.1 Å². The van der Waals surface area contributed by atoms with Crippen molar-refractivity contribution < 1.29 is 4.74 Å². The smallest absolute Gasteiger partial charge is 0.252 e. The normalized spacial score (nSPS) is 15.3. The summed E-state index contributed by atoms with van der Waals surface area (Å²) in [4.78, 5) is 18.6. The van der Waals surface area contributed by atoms with Gasteiger partial charge in [0, 0.05) is 34.6 Å². The second kappa shape index (κ2) is 12.1. The first-order chi connectivity index (χ1) is 18.6. The van der Waals surface area contributed by atoms with Crippen LogP contribution in [0.15, 0.2) is 53.3 Å². The first-order valence-corrected chi connectivity index (χ1v) is 14.0. The Morgan fingerprint density at radius 3 is 2.63 bits per heavy atom. The number of aromatic nitrogens is 5. The van der Waals surface area contributed by atoms with Crippen molar-refractivity contribution in [2.45, 2.75) is 77.5 Å². The minimum atomic E-state index is -0.104. The number of fused-ring (bicyclic) bond motifs is 1. The lowest BCUT2D eigenvalue weighted by atomic mass is 9.95. The van der Waals surface area contributed by atoms with Crippen molar-refractivity contribution in [2.24, 2.45) is 0 Å². The van der Waals surface area contributed by atoms with Crippen LogP contribution in [0.5, 0.6) is 5.75 Å². The van der Waals surface area contributed by atoms with E-state index in [1.54, 1.807) is 0 Å². The highest BCUT2D eigenvalue weighted by Gasteiger charge is 2.29. The summed E-state index contributed by atoms with van der Waals surface area (Å²) in [5.74, 6) is 1.63. The maximum Gasteiger partial charge on any atom is 0.252 e. The highest BCUT2D eigenvalue weighted by atomic mass is 35.5. The highest BCUT2D eigenvalue weighted by molar-refractivity contribution is 6.31. The van der Waals surface area contributed by atoms with E-state index < -0.39 is 0 Å². The Morgan fingerprint density at radius 1 is 1.08 bits per heavy atom. The van der Waals surface area contributed by atoms with Crippen molar-refractivity contribution >= 4 is 22.5 Å². The average molecular weight is 535 g/mol. The van der Waals surface area contributed by atoms with Gasteiger partial charge >= 0.3 is 0 Å². The molecule has 0 amide bonds. The van der Waals surface area contributed by atoms with Gasteiger partial charge in [0.25, 0.3) is 5.56 Å². The summed E-state index contributed by atoms with van der Waals surface area (Å²) in [7, 11) is 0. The fraction of sp³-hybridized carbons (Fsp3) is 0.448. The van der Waals surface area contributed by atoms with E-state index in [0.717, 1.165) is 47.3 Å². The number of nitrogens with zero attached hydrogens (tertiary/aromatic N) is 5.